The molecule has 0 spiro atoms. The van der Waals surface area contributed by atoms with Gasteiger partial charge in [0, 0.05) is 37.3 Å². The van der Waals surface area contributed by atoms with Crippen molar-refractivity contribution in [3.8, 4) is 45.5 Å². The Morgan fingerprint density at radius 2 is 0.792 bits per heavy atom. The Labute approximate surface area is 418 Å². The molecule has 72 heavy (non-hydrogen) atoms. The molecule has 2 aliphatic rings. The summed E-state index contributed by atoms with van der Waals surface area (Å²) in [5.41, 5.74) is 20.5. The number of nitrogens with two attached hydrogens (primary N) is 2. The summed E-state index contributed by atoms with van der Waals surface area (Å²) in [6.07, 6.45) is 7.38. The summed E-state index contributed by atoms with van der Waals surface area (Å²) in [5.74, 6) is 4.03. The van der Waals surface area contributed by atoms with Crippen LogP contribution in [0.1, 0.15) is 48.9 Å². The van der Waals surface area contributed by atoms with E-state index < -0.39 is 0 Å². The number of para-hydroxylation sites is 2. The van der Waals surface area contributed by atoms with Crippen molar-refractivity contribution in [2.45, 2.75) is 50.9 Å². The van der Waals surface area contributed by atoms with Crippen LogP contribution in [0.5, 0.6) is 23.0 Å². The average Bonchev–Trinajstić information content (AvgIpc) is 4.02. The van der Waals surface area contributed by atoms with Crippen LogP contribution in [0.25, 0.3) is 44.6 Å². The summed E-state index contributed by atoms with van der Waals surface area (Å²) in [5, 5.41) is 11.7. The lowest BCUT2D eigenvalue weighted by Crippen LogP contribution is -2.36. The molecule has 0 amide bonds. The smallest absolute Gasteiger partial charge is 0.164 e. The topological polar surface area (TPSA) is 164 Å². The monoisotopic (exact) mass is 952 g/mol. The molecule has 0 saturated carbocycles. The fourth-order valence-corrected chi connectivity index (χ4v) is 9.95. The summed E-state index contributed by atoms with van der Waals surface area (Å²) in [6, 6.07) is 57.1. The zero-order valence-electron chi connectivity index (χ0n) is 40.0. The van der Waals surface area contributed by atoms with Crippen molar-refractivity contribution in [2.24, 2.45) is 0 Å². The van der Waals surface area contributed by atoms with Gasteiger partial charge >= 0.3 is 0 Å². The normalized spacial score (nSPS) is 16.3. The van der Waals surface area contributed by atoms with Gasteiger partial charge in [-0.2, -0.15) is 10.2 Å². The summed E-state index contributed by atoms with van der Waals surface area (Å²) >= 11 is 0. The zero-order valence-corrected chi connectivity index (χ0v) is 40.0. The number of hydrogen-bond acceptors (Lipinski definition) is 12. The third-order valence-electron chi connectivity index (χ3n) is 13.4. The Kier molecular flexibility index (Phi) is 13.6. The minimum absolute atomic E-state index is 0.216. The maximum Gasteiger partial charge on any atom is 0.164 e. The lowest BCUT2D eigenvalue weighted by Gasteiger charge is -2.33. The molecular weight excluding hydrogens is 897 g/mol. The molecule has 2 fully saturated rings. The first-order valence-electron chi connectivity index (χ1n) is 24.7. The number of hydrogen-bond donors (Lipinski definition) is 2. The van der Waals surface area contributed by atoms with Crippen LogP contribution in [-0.4, -0.2) is 75.5 Å². The van der Waals surface area contributed by atoms with Crippen molar-refractivity contribution in [1.82, 2.24) is 49.3 Å². The van der Waals surface area contributed by atoms with Crippen LogP contribution in [0.3, 0.4) is 0 Å². The van der Waals surface area contributed by atoms with Gasteiger partial charge in [-0.05, 0) is 123 Å². The van der Waals surface area contributed by atoms with Gasteiger partial charge in [0.05, 0.1) is 22.9 Å². The van der Waals surface area contributed by atoms with Crippen LogP contribution in [0.2, 0.25) is 0 Å². The number of rotatable bonds is 12. The van der Waals surface area contributed by atoms with Gasteiger partial charge in [0.2, 0.25) is 0 Å². The molecule has 6 heterocycles. The number of fused-ring (bicyclic) bond motifs is 2. The van der Waals surface area contributed by atoms with Crippen LogP contribution in [0.4, 0.5) is 11.6 Å². The molecule has 14 heteroatoms. The summed E-state index contributed by atoms with van der Waals surface area (Å²) in [7, 11) is 0. The van der Waals surface area contributed by atoms with E-state index >= 15 is 0 Å². The van der Waals surface area contributed by atoms with Gasteiger partial charge < -0.3 is 20.9 Å². The molecule has 0 unspecified atom stereocenters. The highest BCUT2D eigenvalue weighted by molar-refractivity contribution is 5.99. The Hall–Kier alpha value is -8.46. The predicted molar refractivity (Wildman–Crippen MR) is 283 cm³/mol. The second-order valence-corrected chi connectivity index (χ2v) is 18.4. The third-order valence-corrected chi connectivity index (χ3v) is 13.4. The number of likely N-dealkylation sites (tertiary alicyclic amines) is 2. The molecule has 10 aromatic rings. The van der Waals surface area contributed by atoms with Gasteiger partial charge in [0.25, 0.3) is 0 Å². The molecule has 2 aliphatic heterocycles. The lowest BCUT2D eigenvalue weighted by atomic mass is 10.0. The van der Waals surface area contributed by atoms with Crippen molar-refractivity contribution < 1.29 is 9.47 Å². The number of nitrogen functional groups attached to an aromatic ring is 2. The van der Waals surface area contributed by atoms with Crippen molar-refractivity contribution in [3.63, 3.8) is 0 Å². The number of anilines is 2. The third kappa shape index (κ3) is 10.4. The summed E-state index contributed by atoms with van der Waals surface area (Å²) in [4.78, 5) is 22.8. The van der Waals surface area contributed by atoms with Gasteiger partial charge in [-0.25, -0.2) is 29.3 Å². The SMILES string of the molecule is Nc1ncnc2c1c(-c1ccc(Oc3ccccc3)cc1)nn2[C@@H]1CCCN(Cc2ccccc2)C1.Nc1ncnc2c1c(-c1ccc(Oc3ccccc3)cc1)nn2[C@@H]1CCCN(Cc2ccccc2)C1. The van der Waals surface area contributed by atoms with E-state index in [1.165, 1.54) is 23.8 Å². The molecule has 0 bridgehead atoms. The van der Waals surface area contributed by atoms with E-state index in [-0.39, 0.29) is 12.1 Å². The van der Waals surface area contributed by atoms with Gasteiger partial charge in [-0.3, -0.25) is 9.80 Å². The second kappa shape index (κ2) is 21.3. The van der Waals surface area contributed by atoms with Crippen LogP contribution < -0.4 is 20.9 Å². The number of benzene rings is 6. The first kappa shape index (κ1) is 46.0. The van der Waals surface area contributed by atoms with Crippen LogP contribution >= 0.6 is 0 Å². The molecule has 0 radical (unpaired) electrons. The molecule has 12 rings (SSSR count). The zero-order chi connectivity index (χ0) is 48.6. The molecule has 0 aliphatic carbocycles. The highest BCUT2D eigenvalue weighted by atomic mass is 16.5. The number of nitrogens with zero attached hydrogens (tertiary/aromatic N) is 10. The Morgan fingerprint density at radius 3 is 1.18 bits per heavy atom. The molecule has 6 aromatic carbocycles. The van der Waals surface area contributed by atoms with E-state index in [0.29, 0.717) is 11.6 Å². The fraction of sp³-hybridized carbons (Fsp3) is 0.207. The average molecular weight is 953 g/mol. The molecule has 4 aromatic heterocycles. The Morgan fingerprint density at radius 1 is 0.431 bits per heavy atom. The number of aromatic nitrogens is 8. The first-order chi connectivity index (χ1) is 35.5. The molecule has 4 N–H and O–H groups in total. The summed E-state index contributed by atoms with van der Waals surface area (Å²) in [6.45, 7) is 5.86. The summed E-state index contributed by atoms with van der Waals surface area (Å²) < 4.78 is 16.0. The maximum absolute atomic E-state index is 6.36. The van der Waals surface area contributed by atoms with Gasteiger partial charge in [0.15, 0.2) is 11.3 Å². The van der Waals surface area contributed by atoms with E-state index in [2.05, 4.69) is 99.8 Å². The second-order valence-electron chi connectivity index (χ2n) is 18.4. The Balaban J connectivity index is 0.000000156. The van der Waals surface area contributed by atoms with Crippen LogP contribution in [0, 0.1) is 0 Å². The molecule has 14 nitrogen and oxygen atoms in total. The highest BCUT2D eigenvalue weighted by Crippen LogP contribution is 2.37. The van der Waals surface area contributed by atoms with E-state index in [4.69, 9.17) is 31.1 Å². The Bertz CT molecular complexity index is 3130. The fourth-order valence-electron chi connectivity index (χ4n) is 9.95. The number of ether oxygens (including phenoxy) is 2. The standard InChI is InChI=1S/2C29H28N6O/c2*30-28-26-27(22-13-15-25(16-14-22)36-24-11-5-2-6-12-24)33-35(29(26)32-20-31-28)23-10-7-17-34(19-23)18-21-8-3-1-4-9-21/h2*1-6,8-9,11-16,20,23H,7,10,17-19H2,(H2,30,31,32)/t2*23-/m11/s1. The minimum atomic E-state index is 0.216. The van der Waals surface area contributed by atoms with Crippen LogP contribution in [0.15, 0.2) is 183 Å². The van der Waals surface area contributed by atoms with E-state index in [9.17, 15) is 0 Å². The largest absolute Gasteiger partial charge is 0.457 e. The van der Waals surface area contributed by atoms with Gasteiger partial charge in [0.1, 0.15) is 58.7 Å². The van der Waals surface area contributed by atoms with E-state index in [0.717, 1.165) is 133 Å². The first-order valence-corrected chi connectivity index (χ1v) is 24.7. The quantitative estimate of drug-likeness (QED) is 0.119. The van der Waals surface area contributed by atoms with Crippen molar-refractivity contribution in [2.75, 3.05) is 37.6 Å². The predicted octanol–water partition coefficient (Wildman–Crippen LogP) is 11.4. The van der Waals surface area contributed by atoms with Crippen molar-refractivity contribution in [1.29, 1.82) is 0 Å². The molecule has 2 saturated heterocycles. The highest BCUT2D eigenvalue weighted by Gasteiger charge is 2.29. The van der Waals surface area contributed by atoms with E-state index in [1.807, 2.05) is 109 Å². The number of piperidine rings is 2. The van der Waals surface area contributed by atoms with Gasteiger partial charge in [-0.15, -0.1) is 0 Å². The molecule has 360 valence electrons. The molecular formula is C58H56N12O2. The van der Waals surface area contributed by atoms with Gasteiger partial charge in [-0.1, -0.05) is 97.1 Å². The van der Waals surface area contributed by atoms with E-state index in [1.54, 1.807) is 0 Å². The molecule has 2 atom stereocenters. The van der Waals surface area contributed by atoms with Crippen LogP contribution in [-0.2, 0) is 13.1 Å². The lowest BCUT2D eigenvalue weighted by molar-refractivity contribution is 0.165. The van der Waals surface area contributed by atoms with Crippen molar-refractivity contribution >= 4 is 33.7 Å². The minimum Gasteiger partial charge on any atom is -0.457 e. The van der Waals surface area contributed by atoms with Crippen molar-refractivity contribution in [3.05, 3.63) is 194 Å². The maximum atomic E-state index is 6.36.